The lowest BCUT2D eigenvalue weighted by Gasteiger charge is -2.07. The standard InChI is InChI=1S/C11H8N2O3S/c14-9(15)5-8-10(16)13-7-4-2-1-3-6(7)12-11(13)17-8/h1-4,8H,5H2,(H,14,15)/p-1. The topological polar surface area (TPSA) is 75.0 Å². The van der Waals surface area contributed by atoms with Gasteiger partial charge in [-0.1, -0.05) is 23.9 Å². The minimum atomic E-state index is -1.22. The summed E-state index contributed by atoms with van der Waals surface area (Å²) in [4.78, 5) is 26.8. The van der Waals surface area contributed by atoms with E-state index in [4.69, 9.17) is 0 Å². The fourth-order valence-corrected chi connectivity index (χ4v) is 3.02. The van der Waals surface area contributed by atoms with E-state index in [1.54, 1.807) is 6.07 Å². The third-order valence-electron chi connectivity index (χ3n) is 2.63. The normalized spacial score (nSPS) is 18.6. The summed E-state index contributed by atoms with van der Waals surface area (Å²) in [6.07, 6.45) is -0.277. The lowest BCUT2D eigenvalue weighted by atomic mass is 10.2. The number of aromatic nitrogens is 2. The third-order valence-corrected chi connectivity index (χ3v) is 3.76. The molecule has 1 atom stereocenters. The van der Waals surface area contributed by atoms with Gasteiger partial charge < -0.3 is 9.90 Å². The molecular formula is C11H7N2O3S-. The summed E-state index contributed by atoms with van der Waals surface area (Å²) in [5.41, 5.74) is 1.47. The Hall–Kier alpha value is -1.82. The zero-order valence-electron chi connectivity index (χ0n) is 8.62. The number of fused-ring (bicyclic) bond motifs is 3. The Balaban J connectivity index is 2.07. The molecule has 1 aliphatic heterocycles. The molecule has 2 aromatic rings. The predicted molar refractivity (Wildman–Crippen MR) is 59.6 cm³/mol. The molecule has 1 aromatic heterocycles. The van der Waals surface area contributed by atoms with Crippen molar-refractivity contribution in [3.05, 3.63) is 24.3 Å². The van der Waals surface area contributed by atoms with Gasteiger partial charge in [0.05, 0.1) is 16.3 Å². The van der Waals surface area contributed by atoms with Crippen LogP contribution in [-0.2, 0) is 4.79 Å². The van der Waals surface area contributed by atoms with E-state index in [2.05, 4.69) is 4.98 Å². The van der Waals surface area contributed by atoms with E-state index >= 15 is 0 Å². The minimum Gasteiger partial charge on any atom is -0.550 e. The number of nitrogens with zero attached hydrogens (tertiary/aromatic N) is 2. The van der Waals surface area contributed by atoms with Crippen LogP contribution in [-0.4, -0.2) is 26.7 Å². The first-order valence-corrected chi connectivity index (χ1v) is 5.93. The van der Waals surface area contributed by atoms with Gasteiger partial charge in [-0.05, 0) is 12.1 Å². The first-order valence-electron chi connectivity index (χ1n) is 5.05. The number of hydrogen-bond acceptors (Lipinski definition) is 5. The van der Waals surface area contributed by atoms with E-state index in [0.717, 1.165) is 11.0 Å². The van der Waals surface area contributed by atoms with Gasteiger partial charge in [0.2, 0.25) is 5.91 Å². The smallest absolute Gasteiger partial charge is 0.247 e. The van der Waals surface area contributed by atoms with Gasteiger partial charge in [0.25, 0.3) is 0 Å². The molecule has 0 saturated heterocycles. The summed E-state index contributed by atoms with van der Waals surface area (Å²) >= 11 is 1.18. The molecule has 0 saturated carbocycles. The molecule has 0 amide bonds. The number of carbonyl (C=O) groups excluding carboxylic acids is 2. The Bertz CT molecular complexity index is 635. The van der Waals surface area contributed by atoms with Crippen molar-refractivity contribution in [2.75, 3.05) is 0 Å². The van der Waals surface area contributed by atoms with E-state index < -0.39 is 11.2 Å². The summed E-state index contributed by atoms with van der Waals surface area (Å²) in [5.74, 6) is -1.45. The molecule has 0 fully saturated rings. The molecule has 86 valence electrons. The Morgan fingerprint density at radius 1 is 1.47 bits per heavy atom. The van der Waals surface area contributed by atoms with E-state index in [0.29, 0.717) is 5.16 Å². The SMILES string of the molecule is O=C([O-])CC1Sc2nc3ccccc3n2C1=O. The number of carboxylic acid groups (broad SMARTS) is 1. The number of imidazole rings is 1. The molecule has 0 bridgehead atoms. The molecule has 0 spiro atoms. The van der Waals surface area contributed by atoms with E-state index in [1.165, 1.54) is 16.3 Å². The van der Waals surface area contributed by atoms with Crippen LogP contribution in [0.25, 0.3) is 11.0 Å². The van der Waals surface area contributed by atoms with Crippen LogP contribution in [0.5, 0.6) is 0 Å². The summed E-state index contributed by atoms with van der Waals surface area (Å²) in [6, 6.07) is 7.29. The monoisotopic (exact) mass is 247 g/mol. The van der Waals surface area contributed by atoms with Crippen molar-refractivity contribution < 1.29 is 14.7 Å². The molecule has 0 N–H and O–H groups in total. The van der Waals surface area contributed by atoms with Gasteiger partial charge in [-0.2, -0.15) is 0 Å². The van der Waals surface area contributed by atoms with Gasteiger partial charge in [0.15, 0.2) is 5.16 Å². The fraction of sp³-hybridized carbons (Fsp3) is 0.182. The molecular weight excluding hydrogens is 240 g/mol. The molecule has 17 heavy (non-hydrogen) atoms. The number of para-hydroxylation sites is 2. The van der Waals surface area contributed by atoms with Crippen molar-refractivity contribution in [2.24, 2.45) is 0 Å². The second-order valence-electron chi connectivity index (χ2n) is 3.74. The summed E-state index contributed by atoms with van der Waals surface area (Å²) in [5, 5.41) is 10.5. The van der Waals surface area contributed by atoms with Gasteiger partial charge >= 0.3 is 0 Å². The second-order valence-corrected chi connectivity index (χ2v) is 4.91. The Morgan fingerprint density at radius 3 is 3.00 bits per heavy atom. The molecule has 1 aliphatic rings. The van der Waals surface area contributed by atoms with Crippen molar-refractivity contribution in [1.29, 1.82) is 0 Å². The number of benzene rings is 1. The molecule has 0 aliphatic carbocycles. The number of rotatable bonds is 2. The highest BCUT2D eigenvalue weighted by Gasteiger charge is 2.34. The first-order chi connectivity index (χ1) is 8.16. The number of hydrogen-bond donors (Lipinski definition) is 0. The molecule has 0 radical (unpaired) electrons. The zero-order valence-corrected chi connectivity index (χ0v) is 9.44. The van der Waals surface area contributed by atoms with Crippen LogP contribution < -0.4 is 5.11 Å². The summed E-state index contributed by atoms with van der Waals surface area (Å²) in [6.45, 7) is 0. The van der Waals surface area contributed by atoms with Gasteiger partial charge in [0, 0.05) is 12.4 Å². The lowest BCUT2D eigenvalue weighted by Crippen LogP contribution is -2.29. The van der Waals surface area contributed by atoms with Gasteiger partial charge in [-0.3, -0.25) is 9.36 Å². The molecule has 2 heterocycles. The molecule has 1 unspecified atom stereocenters. The van der Waals surface area contributed by atoms with Crippen LogP contribution in [0.15, 0.2) is 29.4 Å². The van der Waals surface area contributed by atoms with Crippen molar-refractivity contribution in [1.82, 2.24) is 9.55 Å². The maximum absolute atomic E-state index is 12.0. The summed E-state index contributed by atoms with van der Waals surface area (Å²) < 4.78 is 1.48. The Labute approximate surface area is 100 Å². The average molecular weight is 247 g/mol. The third kappa shape index (κ3) is 1.52. The number of carbonyl (C=O) groups is 2. The number of aliphatic carboxylic acids is 1. The van der Waals surface area contributed by atoms with Crippen molar-refractivity contribution in [2.45, 2.75) is 16.8 Å². The highest BCUT2D eigenvalue weighted by molar-refractivity contribution is 8.00. The Kier molecular flexibility index (Phi) is 2.19. The predicted octanol–water partition coefficient (Wildman–Crippen LogP) is 0.291. The second kappa shape index (κ2) is 3.59. The maximum atomic E-state index is 12.0. The number of thioether (sulfide) groups is 1. The van der Waals surface area contributed by atoms with E-state index in [9.17, 15) is 14.7 Å². The highest BCUT2D eigenvalue weighted by Crippen LogP contribution is 2.36. The maximum Gasteiger partial charge on any atom is 0.247 e. The van der Waals surface area contributed by atoms with Gasteiger partial charge in [0.1, 0.15) is 0 Å². The average Bonchev–Trinajstić information content (AvgIpc) is 2.76. The van der Waals surface area contributed by atoms with Crippen LogP contribution in [0.3, 0.4) is 0 Å². The molecule has 6 heteroatoms. The van der Waals surface area contributed by atoms with E-state index in [-0.39, 0.29) is 12.3 Å². The highest BCUT2D eigenvalue weighted by atomic mass is 32.2. The van der Waals surface area contributed by atoms with Crippen molar-refractivity contribution in [3.8, 4) is 0 Å². The van der Waals surface area contributed by atoms with Crippen molar-refractivity contribution >= 4 is 34.7 Å². The van der Waals surface area contributed by atoms with Gasteiger partial charge in [-0.25, -0.2) is 4.98 Å². The minimum absolute atomic E-state index is 0.233. The van der Waals surface area contributed by atoms with Crippen LogP contribution in [0.2, 0.25) is 0 Å². The summed E-state index contributed by atoms with van der Waals surface area (Å²) in [7, 11) is 0. The quantitative estimate of drug-likeness (QED) is 0.762. The molecule has 3 rings (SSSR count). The fourth-order valence-electron chi connectivity index (χ4n) is 1.90. The lowest BCUT2D eigenvalue weighted by molar-refractivity contribution is -0.305. The van der Waals surface area contributed by atoms with Crippen LogP contribution in [0.1, 0.15) is 11.2 Å². The molecule has 5 nitrogen and oxygen atoms in total. The molecule has 1 aromatic carbocycles. The van der Waals surface area contributed by atoms with Crippen LogP contribution >= 0.6 is 11.8 Å². The first kappa shape index (κ1) is 10.3. The van der Waals surface area contributed by atoms with Crippen LogP contribution in [0.4, 0.5) is 0 Å². The van der Waals surface area contributed by atoms with Gasteiger partial charge in [-0.15, -0.1) is 0 Å². The largest absolute Gasteiger partial charge is 0.550 e. The van der Waals surface area contributed by atoms with Crippen molar-refractivity contribution in [3.63, 3.8) is 0 Å². The number of carboxylic acids is 1. The Morgan fingerprint density at radius 2 is 2.24 bits per heavy atom. The van der Waals surface area contributed by atoms with Crippen LogP contribution in [0, 0.1) is 0 Å². The van der Waals surface area contributed by atoms with E-state index in [1.807, 2.05) is 18.2 Å². The zero-order chi connectivity index (χ0) is 12.0.